The summed E-state index contributed by atoms with van der Waals surface area (Å²) >= 11 is 0. The summed E-state index contributed by atoms with van der Waals surface area (Å²) in [4.78, 5) is 0. The lowest BCUT2D eigenvalue weighted by atomic mass is 9.79. The van der Waals surface area contributed by atoms with Crippen LogP contribution in [0.25, 0.3) is 16.6 Å². The second-order valence-corrected chi connectivity index (χ2v) is 10.4. The number of benzene rings is 3. The molecule has 36 heavy (non-hydrogen) atoms. The van der Waals surface area contributed by atoms with Crippen molar-refractivity contribution in [2.75, 3.05) is 12.3 Å². The second-order valence-electron chi connectivity index (χ2n) is 8.63. The summed E-state index contributed by atoms with van der Waals surface area (Å²) in [6.07, 6.45) is -2.60. The van der Waals surface area contributed by atoms with Gasteiger partial charge in [0.05, 0.1) is 17.4 Å². The molecule has 0 bridgehead atoms. The van der Waals surface area contributed by atoms with E-state index in [1.165, 1.54) is 12.1 Å². The van der Waals surface area contributed by atoms with Gasteiger partial charge in [-0.1, -0.05) is 49.7 Å². The van der Waals surface area contributed by atoms with Gasteiger partial charge in [-0.05, 0) is 53.4 Å². The van der Waals surface area contributed by atoms with Crippen LogP contribution in [0.15, 0.2) is 79.0 Å². The van der Waals surface area contributed by atoms with E-state index >= 15 is 0 Å². The van der Waals surface area contributed by atoms with Crippen LogP contribution >= 0.6 is 0 Å². The molecule has 0 spiro atoms. The summed E-state index contributed by atoms with van der Waals surface area (Å²) in [6.45, 7) is 1.74. The summed E-state index contributed by atoms with van der Waals surface area (Å²) < 4.78 is 79.3. The van der Waals surface area contributed by atoms with Gasteiger partial charge in [-0.2, -0.15) is 18.3 Å². The molecule has 2 atom stereocenters. The number of hydrogen-bond donors (Lipinski definition) is 1. The Balaban J connectivity index is 1.68. The number of sulfonamides is 1. The standard InChI is InChI=1S/C26H25F4N3O2S/c1-2-18(16-32-36(34,35)17-26(28,29)30)25(19-6-4-3-5-7-19)20-8-13-24-21(14-20)15-31-33(24)23-11-9-22(27)10-12-23/h3-15,18,25,32H,2,16-17H2,1H3. The van der Waals surface area contributed by atoms with Gasteiger partial charge in [-0.25, -0.2) is 22.2 Å². The van der Waals surface area contributed by atoms with E-state index in [4.69, 9.17) is 0 Å². The summed E-state index contributed by atoms with van der Waals surface area (Å²) in [5.41, 5.74) is 3.30. The lowest BCUT2D eigenvalue weighted by Crippen LogP contribution is -2.37. The van der Waals surface area contributed by atoms with Crippen LogP contribution < -0.4 is 4.72 Å². The van der Waals surface area contributed by atoms with Crippen molar-refractivity contribution in [1.29, 1.82) is 0 Å². The van der Waals surface area contributed by atoms with Crippen LogP contribution in [-0.2, 0) is 10.0 Å². The molecule has 0 aliphatic carbocycles. The molecule has 2 unspecified atom stereocenters. The van der Waals surface area contributed by atoms with Gasteiger partial charge in [0.15, 0.2) is 5.75 Å². The number of alkyl halides is 3. The second kappa shape index (κ2) is 10.4. The first-order valence-electron chi connectivity index (χ1n) is 11.4. The molecule has 5 nitrogen and oxygen atoms in total. The van der Waals surface area contributed by atoms with Crippen molar-refractivity contribution < 1.29 is 26.0 Å². The highest BCUT2D eigenvalue weighted by Gasteiger charge is 2.35. The van der Waals surface area contributed by atoms with Crippen LogP contribution in [0.1, 0.15) is 30.4 Å². The molecule has 0 saturated carbocycles. The van der Waals surface area contributed by atoms with E-state index < -0.39 is 22.0 Å². The molecule has 190 valence electrons. The van der Waals surface area contributed by atoms with Gasteiger partial charge in [-0.15, -0.1) is 0 Å². The van der Waals surface area contributed by atoms with Gasteiger partial charge in [-0.3, -0.25) is 0 Å². The van der Waals surface area contributed by atoms with Crippen molar-refractivity contribution in [1.82, 2.24) is 14.5 Å². The smallest absolute Gasteiger partial charge is 0.233 e. The van der Waals surface area contributed by atoms with Gasteiger partial charge in [0, 0.05) is 17.8 Å². The van der Waals surface area contributed by atoms with Crippen LogP contribution in [0, 0.1) is 11.7 Å². The number of nitrogens with zero attached hydrogens (tertiary/aromatic N) is 2. The first-order chi connectivity index (χ1) is 17.1. The fraction of sp³-hybridized carbons (Fsp3) is 0.269. The van der Waals surface area contributed by atoms with E-state index in [2.05, 4.69) is 9.82 Å². The molecule has 1 heterocycles. The van der Waals surface area contributed by atoms with E-state index in [1.54, 1.807) is 23.0 Å². The lowest BCUT2D eigenvalue weighted by Gasteiger charge is -2.28. The Bertz CT molecular complexity index is 1420. The maximum Gasteiger partial charge on any atom is 0.404 e. The van der Waals surface area contributed by atoms with Crippen molar-refractivity contribution in [3.63, 3.8) is 0 Å². The molecule has 0 fully saturated rings. The van der Waals surface area contributed by atoms with E-state index in [0.717, 1.165) is 22.0 Å². The first-order valence-corrected chi connectivity index (χ1v) is 13.0. The molecule has 0 saturated heterocycles. The summed E-state index contributed by atoms with van der Waals surface area (Å²) in [5.74, 6) is -2.84. The Labute approximate surface area is 206 Å². The highest BCUT2D eigenvalue weighted by molar-refractivity contribution is 7.89. The predicted molar refractivity (Wildman–Crippen MR) is 131 cm³/mol. The number of nitrogens with one attached hydrogen (secondary N) is 1. The Hall–Kier alpha value is -3.24. The van der Waals surface area contributed by atoms with E-state index in [-0.39, 0.29) is 24.2 Å². The maximum atomic E-state index is 13.3. The minimum atomic E-state index is -4.82. The SMILES string of the molecule is CCC(CNS(=O)(=O)CC(F)(F)F)C(c1ccccc1)c1ccc2c(cnn2-c2ccc(F)cc2)c1. The average molecular weight is 520 g/mol. The number of aromatic nitrogens is 2. The fourth-order valence-corrected chi connectivity index (χ4v) is 5.43. The van der Waals surface area contributed by atoms with Gasteiger partial charge in [0.1, 0.15) is 5.82 Å². The molecule has 3 aromatic carbocycles. The third-order valence-electron chi connectivity index (χ3n) is 6.10. The predicted octanol–water partition coefficient (Wildman–Crippen LogP) is 5.80. The van der Waals surface area contributed by atoms with E-state index in [0.29, 0.717) is 12.1 Å². The van der Waals surface area contributed by atoms with Crippen molar-refractivity contribution in [2.24, 2.45) is 5.92 Å². The Morgan fingerprint density at radius 1 is 0.972 bits per heavy atom. The summed E-state index contributed by atoms with van der Waals surface area (Å²) in [5, 5.41) is 5.26. The highest BCUT2D eigenvalue weighted by Crippen LogP contribution is 2.36. The largest absolute Gasteiger partial charge is 0.404 e. The van der Waals surface area contributed by atoms with Gasteiger partial charge < -0.3 is 0 Å². The van der Waals surface area contributed by atoms with Crippen LogP contribution in [0.2, 0.25) is 0 Å². The third kappa shape index (κ3) is 6.11. The number of fused-ring (bicyclic) bond motifs is 1. The zero-order valence-corrected chi connectivity index (χ0v) is 20.2. The number of halogens is 4. The lowest BCUT2D eigenvalue weighted by molar-refractivity contribution is -0.106. The van der Waals surface area contributed by atoms with Crippen LogP contribution in [0.5, 0.6) is 0 Å². The van der Waals surface area contributed by atoms with Gasteiger partial charge >= 0.3 is 6.18 Å². The molecular formula is C26H25F4N3O2S. The van der Waals surface area contributed by atoms with Crippen LogP contribution in [0.4, 0.5) is 17.6 Å². The minimum Gasteiger partial charge on any atom is -0.233 e. The monoisotopic (exact) mass is 519 g/mol. The molecule has 0 amide bonds. The van der Waals surface area contributed by atoms with Gasteiger partial charge in [0.2, 0.25) is 10.0 Å². The summed E-state index contributed by atoms with van der Waals surface area (Å²) in [6, 6.07) is 21.2. The molecule has 4 rings (SSSR count). The van der Waals surface area contributed by atoms with Crippen molar-refractivity contribution in [3.05, 3.63) is 95.9 Å². The van der Waals surface area contributed by atoms with Crippen molar-refractivity contribution in [3.8, 4) is 5.69 Å². The molecule has 0 radical (unpaired) electrons. The minimum absolute atomic E-state index is 0.138. The summed E-state index contributed by atoms with van der Waals surface area (Å²) in [7, 11) is -4.52. The molecule has 0 aliphatic heterocycles. The number of hydrogen-bond acceptors (Lipinski definition) is 3. The van der Waals surface area contributed by atoms with Crippen LogP contribution in [-0.4, -0.2) is 36.7 Å². The zero-order chi connectivity index (χ0) is 25.9. The van der Waals surface area contributed by atoms with Crippen molar-refractivity contribution in [2.45, 2.75) is 25.4 Å². The Morgan fingerprint density at radius 2 is 1.67 bits per heavy atom. The highest BCUT2D eigenvalue weighted by atomic mass is 32.2. The third-order valence-corrected chi connectivity index (χ3v) is 7.41. The van der Waals surface area contributed by atoms with E-state index in [9.17, 15) is 26.0 Å². The number of rotatable bonds is 9. The molecule has 10 heteroatoms. The molecule has 0 aliphatic rings. The average Bonchev–Trinajstić information content (AvgIpc) is 3.24. The fourth-order valence-electron chi connectivity index (χ4n) is 4.43. The van der Waals surface area contributed by atoms with Gasteiger partial charge in [0.25, 0.3) is 0 Å². The van der Waals surface area contributed by atoms with E-state index in [1.807, 2.05) is 55.5 Å². The maximum absolute atomic E-state index is 13.3. The Kier molecular flexibility index (Phi) is 7.46. The first kappa shape index (κ1) is 25.8. The topological polar surface area (TPSA) is 64.0 Å². The van der Waals surface area contributed by atoms with Crippen LogP contribution in [0.3, 0.4) is 0 Å². The Morgan fingerprint density at radius 3 is 2.31 bits per heavy atom. The molecule has 1 aromatic heterocycles. The zero-order valence-electron chi connectivity index (χ0n) is 19.4. The molecular weight excluding hydrogens is 494 g/mol. The quantitative estimate of drug-likeness (QED) is 0.284. The molecule has 4 aromatic rings. The molecule has 1 N–H and O–H groups in total. The van der Waals surface area contributed by atoms with Crippen molar-refractivity contribution >= 4 is 20.9 Å². The normalized spacial score (nSPS) is 14.1.